The highest BCUT2D eigenvalue weighted by molar-refractivity contribution is 7.17. The molecular weight excluding hydrogens is 294 g/mol. The van der Waals surface area contributed by atoms with Crippen LogP contribution in [0.25, 0.3) is 0 Å². The SMILES string of the molecule is O=C(NCCCOC1CCNCC1)c1ccc([N+](=O)[O-])s1. The number of piperidine rings is 1. The van der Waals surface area contributed by atoms with Crippen LogP contribution in [0, 0.1) is 10.1 Å². The van der Waals surface area contributed by atoms with Crippen LogP contribution in [-0.4, -0.2) is 43.2 Å². The number of hydrogen-bond acceptors (Lipinski definition) is 6. The van der Waals surface area contributed by atoms with E-state index in [0.717, 1.165) is 43.7 Å². The van der Waals surface area contributed by atoms with Crippen LogP contribution in [0.5, 0.6) is 0 Å². The van der Waals surface area contributed by atoms with Crippen molar-refractivity contribution < 1.29 is 14.5 Å². The molecule has 0 spiro atoms. The number of nitrogens with one attached hydrogen (secondary N) is 2. The van der Waals surface area contributed by atoms with Crippen molar-refractivity contribution in [2.75, 3.05) is 26.2 Å². The highest BCUT2D eigenvalue weighted by Gasteiger charge is 2.15. The van der Waals surface area contributed by atoms with Gasteiger partial charge in [0.25, 0.3) is 5.91 Å². The molecule has 116 valence electrons. The first-order valence-electron chi connectivity index (χ1n) is 7.01. The lowest BCUT2D eigenvalue weighted by Crippen LogP contribution is -2.33. The highest BCUT2D eigenvalue weighted by Crippen LogP contribution is 2.23. The molecule has 8 heteroatoms. The standard InChI is InChI=1S/C13H19N3O4S/c17-13(11-2-3-12(21-11)16(18)19)15-6-1-9-20-10-4-7-14-8-5-10/h2-3,10,14H,1,4-9H2,(H,15,17). The molecule has 2 rings (SSSR count). The molecule has 0 aromatic carbocycles. The quantitative estimate of drug-likeness (QED) is 0.452. The van der Waals surface area contributed by atoms with Gasteiger partial charge in [0.05, 0.1) is 15.9 Å². The average molecular weight is 313 g/mol. The van der Waals surface area contributed by atoms with Crippen LogP contribution in [0.15, 0.2) is 12.1 Å². The lowest BCUT2D eigenvalue weighted by molar-refractivity contribution is -0.380. The van der Waals surface area contributed by atoms with E-state index >= 15 is 0 Å². The fraction of sp³-hybridized carbons (Fsp3) is 0.615. The van der Waals surface area contributed by atoms with Crippen molar-refractivity contribution in [1.82, 2.24) is 10.6 Å². The van der Waals surface area contributed by atoms with Gasteiger partial charge in [-0.25, -0.2) is 0 Å². The molecule has 0 saturated carbocycles. The van der Waals surface area contributed by atoms with Gasteiger partial charge in [-0.3, -0.25) is 14.9 Å². The number of carbonyl (C=O) groups excluding carboxylic acids is 1. The second-order valence-corrected chi connectivity index (χ2v) is 5.89. The first-order valence-corrected chi connectivity index (χ1v) is 7.83. The minimum absolute atomic E-state index is 0.0191. The monoisotopic (exact) mass is 313 g/mol. The molecule has 1 aromatic rings. The molecule has 1 aliphatic rings. The molecule has 2 heterocycles. The maximum absolute atomic E-state index is 11.8. The molecule has 1 aliphatic heterocycles. The van der Waals surface area contributed by atoms with Crippen molar-refractivity contribution in [2.45, 2.75) is 25.4 Å². The van der Waals surface area contributed by atoms with E-state index in [2.05, 4.69) is 10.6 Å². The summed E-state index contributed by atoms with van der Waals surface area (Å²) in [6.07, 6.45) is 3.13. The first kappa shape index (κ1) is 15.9. The van der Waals surface area contributed by atoms with Gasteiger partial charge in [0, 0.05) is 19.2 Å². The van der Waals surface area contributed by atoms with E-state index in [4.69, 9.17) is 4.74 Å². The normalized spacial score (nSPS) is 15.8. The zero-order valence-electron chi connectivity index (χ0n) is 11.7. The number of rotatable bonds is 7. The average Bonchev–Trinajstić information content (AvgIpc) is 2.98. The van der Waals surface area contributed by atoms with E-state index in [1.54, 1.807) is 0 Å². The van der Waals surface area contributed by atoms with Crippen LogP contribution in [-0.2, 0) is 4.74 Å². The van der Waals surface area contributed by atoms with Gasteiger partial charge in [-0.15, -0.1) is 0 Å². The summed E-state index contributed by atoms with van der Waals surface area (Å²) in [7, 11) is 0. The van der Waals surface area contributed by atoms with Gasteiger partial charge in [-0.2, -0.15) is 0 Å². The number of thiophene rings is 1. The fourth-order valence-electron chi connectivity index (χ4n) is 2.12. The van der Waals surface area contributed by atoms with Gasteiger partial charge in [-0.1, -0.05) is 11.3 Å². The van der Waals surface area contributed by atoms with E-state index in [9.17, 15) is 14.9 Å². The summed E-state index contributed by atoms with van der Waals surface area (Å²) in [6.45, 7) is 3.13. The predicted molar refractivity (Wildman–Crippen MR) is 79.8 cm³/mol. The Bertz CT molecular complexity index is 486. The Labute approximate surface area is 126 Å². The zero-order chi connectivity index (χ0) is 15.1. The Hall–Kier alpha value is -1.51. The minimum atomic E-state index is -0.492. The van der Waals surface area contributed by atoms with Gasteiger partial charge < -0.3 is 15.4 Å². The van der Waals surface area contributed by atoms with Crippen molar-refractivity contribution in [3.8, 4) is 0 Å². The van der Waals surface area contributed by atoms with Crippen LogP contribution in [0.2, 0.25) is 0 Å². The van der Waals surface area contributed by atoms with Crippen LogP contribution in [0.4, 0.5) is 5.00 Å². The van der Waals surface area contributed by atoms with Crippen LogP contribution < -0.4 is 10.6 Å². The number of amides is 1. The van der Waals surface area contributed by atoms with Gasteiger partial charge in [-0.05, 0) is 38.4 Å². The highest BCUT2D eigenvalue weighted by atomic mass is 32.1. The molecule has 21 heavy (non-hydrogen) atoms. The maximum atomic E-state index is 11.8. The molecule has 0 atom stereocenters. The largest absolute Gasteiger partial charge is 0.378 e. The summed E-state index contributed by atoms with van der Waals surface area (Å²) < 4.78 is 5.73. The summed E-state index contributed by atoms with van der Waals surface area (Å²) >= 11 is 0.886. The molecule has 0 unspecified atom stereocenters. The lowest BCUT2D eigenvalue weighted by atomic mass is 10.1. The zero-order valence-corrected chi connectivity index (χ0v) is 12.5. The number of nitrogens with zero attached hydrogens (tertiary/aromatic N) is 1. The second kappa shape index (κ2) is 8.06. The lowest BCUT2D eigenvalue weighted by Gasteiger charge is -2.22. The third-order valence-corrected chi connectivity index (χ3v) is 4.28. The minimum Gasteiger partial charge on any atom is -0.378 e. The van der Waals surface area contributed by atoms with Gasteiger partial charge in [0.2, 0.25) is 0 Å². The van der Waals surface area contributed by atoms with Crippen LogP contribution in [0.3, 0.4) is 0 Å². The molecular formula is C13H19N3O4S. The fourth-order valence-corrected chi connectivity index (χ4v) is 2.86. The Balaban J connectivity index is 1.61. The summed E-state index contributed by atoms with van der Waals surface area (Å²) in [4.78, 5) is 22.2. The number of carbonyl (C=O) groups is 1. The number of nitro groups is 1. The summed E-state index contributed by atoms with van der Waals surface area (Å²) in [6, 6.07) is 2.82. The van der Waals surface area contributed by atoms with Crippen LogP contribution >= 0.6 is 11.3 Å². The molecule has 0 bridgehead atoms. The third kappa shape index (κ3) is 5.07. The predicted octanol–water partition coefficient (Wildman–Crippen LogP) is 1.54. The molecule has 1 fully saturated rings. The van der Waals surface area contributed by atoms with Crippen molar-refractivity contribution in [3.05, 3.63) is 27.1 Å². The maximum Gasteiger partial charge on any atom is 0.324 e. The van der Waals surface area contributed by atoms with Crippen molar-refractivity contribution in [2.24, 2.45) is 0 Å². The van der Waals surface area contributed by atoms with Gasteiger partial charge >= 0.3 is 5.00 Å². The Morgan fingerprint density at radius 2 is 2.24 bits per heavy atom. The summed E-state index contributed by atoms with van der Waals surface area (Å²) in [5, 5.41) is 16.6. The topological polar surface area (TPSA) is 93.5 Å². The van der Waals surface area contributed by atoms with E-state index in [1.165, 1.54) is 12.1 Å². The molecule has 1 aromatic heterocycles. The van der Waals surface area contributed by atoms with E-state index in [-0.39, 0.29) is 10.9 Å². The van der Waals surface area contributed by atoms with Crippen molar-refractivity contribution in [3.63, 3.8) is 0 Å². The van der Waals surface area contributed by atoms with E-state index in [1.807, 2.05) is 0 Å². The summed E-state index contributed by atoms with van der Waals surface area (Å²) in [5.74, 6) is -0.269. The smallest absolute Gasteiger partial charge is 0.324 e. The molecule has 0 radical (unpaired) electrons. The molecule has 1 saturated heterocycles. The van der Waals surface area contributed by atoms with Crippen molar-refractivity contribution in [1.29, 1.82) is 0 Å². The molecule has 0 aliphatic carbocycles. The van der Waals surface area contributed by atoms with E-state index in [0.29, 0.717) is 24.1 Å². The number of hydrogen-bond donors (Lipinski definition) is 2. The third-order valence-electron chi connectivity index (χ3n) is 3.24. The van der Waals surface area contributed by atoms with Crippen molar-refractivity contribution >= 4 is 22.2 Å². The Morgan fingerprint density at radius 1 is 1.48 bits per heavy atom. The first-order chi connectivity index (χ1) is 10.2. The Kier molecular flexibility index (Phi) is 6.09. The van der Waals surface area contributed by atoms with E-state index < -0.39 is 4.92 Å². The summed E-state index contributed by atoms with van der Waals surface area (Å²) in [5.41, 5.74) is 0. The molecule has 1 amide bonds. The second-order valence-electron chi connectivity index (χ2n) is 4.82. The Morgan fingerprint density at radius 3 is 2.90 bits per heavy atom. The van der Waals surface area contributed by atoms with Crippen LogP contribution in [0.1, 0.15) is 28.9 Å². The van der Waals surface area contributed by atoms with Gasteiger partial charge in [0.1, 0.15) is 0 Å². The molecule has 7 nitrogen and oxygen atoms in total. The molecule has 2 N–H and O–H groups in total. The van der Waals surface area contributed by atoms with Gasteiger partial charge in [0.15, 0.2) is 0 Å². The number of ether oxygens (including phenoxy) is 1.